The Morgan fingerprint density at radius 2 is 1.79 bits per heavy atom. The average Bonchev–Trinajstić information content (AvgIpc) is 2.83. The zero-order valence-corrected chi connectivity index (χ0v) is 10.5. The maximum Gasteiger partial charge on any atom is 0.337 e. The number of carboxylic acid groups (broad SMARTS) is 1. The van der Waals surface area contributed by atoms with E-state index < -0.39 is 5.97 Å². The SMILES string of the molecule is Cc1ccc(-n2ccc3cccc(C(=O)O)c32)cc1. The second-order valence-electron chi connectivity index (χ2n) is 4.57. The third kappa shape index (κ3) is 1.89. The second kappa shape index (κ2) is 4.28. The topological polar surface area (TPSA) is 42.2 Å². The lowest BCUT2D eigenvalue weighted by Gasteiger charge is -2.08. The molecule has 0 radical (unpaired) electrons. The van der Waals surface area contributed by atoms with Gasteiger partial charge in [-0.3, -0.25) is 0 Å². The van der Waals surface area contributed by atoms with E-state index in [1.165, 1.54) is 5.56 Å². The molecule has 0 atom stereocenters. The highest BCUT2D eigenvalue weighted by molar-refractivity contribution is 6.02. The summed E-state index contributed by atoms with van der Waals surface area (Å²) in [6.07, 6.45) is 1.90. The fraction of sp³-hybridized carbons (Fsp3) is 0.0625. The molecule has 0 aliphatic heterocycles. The maximum absolute atomic E-state index is 11.3. The van der Waals surface area contributed by atoms with Gasteiger partial charge < -0.3 is 9.67 Å². The van der Waals surface area contributed by atoms with Gasteiger partial charge in [-0.2, -0.15) is 0 Å². The lowest BCUT2D eigenvalue weighted by atomic mass is 10.1. The molecular formula is C16H13NO2. The number of aromatic nitrogens is 1. The largest absolute Gasteiger partial charge is 0.478 e. The molecule has 3 rings (SSSR count). The summed E-state index contributed by atoms with van der Waals surface area (Å²) in [5, 5.41) is 10.2. The minimum absolute atomic E-state index is 0.322. The Hall–Kier alpha value is -2.55. The summed E-state index contributed by atoms with van der Waals surface area (Å²) in [6.45, 7) is 2.03. The van der Waals surface area contributed by atoms with E-state index in [1.54, 1.807) is 12.1 Å². The van der Waals surface area contributed by atoms with Crippen molar-refractivity contribution in [2.45, 2.75) is 6.92 Å². The number of aryl methyl sites for hydroxylation is 1. The number of carbonyl (C=O) groups is 1. The summed E-state index contributed by atoms with van der Waals surface area (Å²) in [5.41, 5.74) is 3.20. The normalized spacial score (nSPS) is 10.8. The molecule has 0 amide bonds. The quantitative estimate of drug-likeness (QED) is 0.755. The van der Waals surface area contributed by atoms with Crippen LogP contribution in [0.15, 0.2) is 54.7 Å². The first-order valence-electron chi connectivity index (χ1n) is 6.07. The molecule has 0 unspecified atom stereocenters. The van der Waals surface area contributed by atoms with Gasteiger partial charge in [-0.1, -0.05) is 29.8 Å². The zero-order valence-electron chi connectivity index (χ0n) is 10.5. The number of hydrogen-bond acceptors (Lipinski definition) is 1. The van der Waals surface area contributed by atoms with E-state index in [4.69, 9.17) is 0 Å². The van der Waals surface area contributed by atoms with Crippen molar-refractivity contribution in [2.24, 2.45) is 0 Å². The fourth-order valence-corrected chi connectivity index (χ4v) is 2.29. The van der Waals surface area contributed by atoms with Crippen LogP contribution in [0.1, 0.15) is 15.9 Å². The molecule has 19 heavy (non-hydrogen) atoms. The number of aromatic carboxylic acids is 1. The third-order valence-corrected chi connectivity index (χ3v) is 3.25. The standard InChI is InChI=1S/C16H13NO2/c1-11-5-7-13(8-6-11)17-10-9-12-3-2-4-14(15(12)17)16(18)19/h2-10H,1H3,(H,18,19). The monoisotopic (exact) mass is 251 g/mol. The van der Waals surface area contributed by atoms with Gasteiger partial charge in [0.05, 0.1) is 11.1 Å². The highest BCUT2D eigenvalue weighted by atomic mass is 16.4. The molecule has 0 saturated carbocycles. The Labute approximate surface area is 110 Å². The molecular weight excluding hydrogens is 238 g/mol. The molecule has 1 N–H and O–H groups in total. The lowest BCUT2D eigenvalue weighted by molar-refractivity contribution is 0.0698. The van der Waals surface area contributed by atoms with E-state index in [1.807, 2.05) is 54.1 Å². The smallest absolute Gasteiger partial charge is 0.337 e. The summed E-state index contributed by atoms with van der Waals surface area (Å²) >= 11 is 0. The van der Waals surface area contributed by atoms with Crippen LogP contribution in [0.4, 0.5) is 0 Å². The first-order valence-corrected chi connectivity index (χ1v) is 6.07. The van der Waals surface area contributed by atoms with Gasteiger partial charge in [0.15, 0.2) is 0 Å². The Balaban J connectivity index is 2.30. The van der Waals surface area contributed by atoms with Crippen molar-refractivity contribution >= 4 is 16.9 Å². The van der Waals surface area contributed by atoms with Crippen LogP contribution >= 0.6 is 0 Å². The molecule has 0 saturated heterocycles. The van der Waals surface area contributed by atoms with Crippen LogP contribution in [0.25, 0.3) is 16.6 Å². The molecule has 3 heteroatoms. The Morgan fingerprint density at radius 3 is 2.47 bits per heavy atom. The van der Waals surface area contributed by atoms with Gasteiger partial charge in [-0.15, -0.1) is 0 Å². The molecule has 0 spiro atoms. The Morgan fingerprint density at radius 1 is 1.05 bits per heavy atom. The minimum Gasteiger partial charge on any atom is -0.478 e. The fourth-order valence-electron chi connectivity index (χ4n) is 2.29. The number of fused-ring (bicyclic) bond motifs is 1. The summed E-state index contributed by atoms with van der Waals surface area (Å²) < 4.78 is 1.91. The third-order valence-electron chi connectivity index (χ3n) is 3.25. The molecule has 2 aromatic carbocycles. The summed E-state index contributed by atoms with van der Waals surface area (Å²) in [4.78, 5) is 11.3. The number of rotatable bonds is 2. The van der Waals surface area contributed by atoms with Crippen LogP contribution in [-0.2, 0) is 0 Å². The highest BCUT2D eigenvalue weighted by Crippen LogP contribution is 2.24. The molecule has 0 aliphatic carbocycles. The zero-order chi connectivity index (χ0) is 13.4. The van der Waals surface area contributed by atoms with Gasteiger partial charge in [-0.05, 0) is 31.2 Å². The van der Waals surface area contributed by atoms with Crippen LogP contribution in [0.5, 0.6) is 0 Å². The summed E-state index contributed by atoms with van der Waals surface area (Å²) in [6, 6.07) is 15.3. The summed E-state index contributed by atoms with van der Waals surface area (Å²) in [7, 11) is 0. The molecule has 3 nitrogen and oxygen atoms in total. The Bertz CT molecular complexity index is 754. The molecule has 3 aromatic rings. The molecule has 1 aromatic heterocycles. The van der Waals surface area contributed by atoms with Crippen molar-refractivity contribution in [1.82, 2.24) is 4.57 Å². The van der Waals surface area contributed by atoms with Crippen LogP contribution in [0.2, 0.25) is 0 Å². The van der Waals surface area contributed by atoms with Crippen molar-refractivity contribution in [1.29, 1.82) is 0 Å². The van der Waals surface area contributed by atoms with Gasteiger partial charge in [0.2, 0.25) is 0 Å². The van der Waals surface area contributed by atoms with Crippen molar-refractivity contribution in [3.8, 4) is 5.69 Å². The average molecular weight is 251 g/mol. The second-order valence-corrected chi connectivity index (χ2v) is 4.57. The number of nitrogens with zero attached hydrogens (tertiary/aromatic N) is 1. The number of para-hydroxylation sites is 1. The Kier molecular flexibility index (Phi) is 2.60. The maximum atomic E-state index is 11.3. The van der Waals surface area contributed by atoms with Crippen LogP contribution in [-0.4, -0.2) is 15.6 Å². The molecule has 0 aliphatic rings. The van der Waals surface area contributed by atoms with Gasteiger partial charge in [0.25, 0.3) is 0 Å². The van der Waals surface area contributed by atoms with Gasteiger partial charge in [-0.25, -0.2) is 4.79 Å². The van der Waals surface area contributed by atoms with E-state index in [2.05, 4.69) is 0 Å². The van der Waals surface area contributed by atoms with E-state index in [0.29, 0.717) is 5.56 Å². The number of benzene rings is 2. The molecule has 0 bridgehead atoms. The minimum atomic E-state index is -0.905. The molecule has 94 valence electrons. The van der Waals surface area contributed by atoms with E-state index in [9.17, 15) is 9.90 Å². The van der Waals surface area contributed by atoms with Crippen molar-refractivity contribution in [2.75, 3.05) is 0 Å². The van der Waals surface area contributed by atoms with E-state index in [-0.39, 0.29) is 0 Å². The first kappa shape index (κ1) is 11.5. The molecule has 0 fully saturated rings. The predicted molar refractivity (Wildman–Crippen MR) is 75.0 cm³/mol. The first-order chi connectivity index (χ1) is 9.16. The van der Waals surface area contributed by atoms with Gasteiger partial charge >= 0.3 is 5.97 Å². The van der Waals surface area contributed by atoms with Crippen LogP contribution in [0.3, 0.4) is 0 Å². The van der Waals surface area contributed by atoms with Crippen LogP contribution < -0.4 is 0 Å². The van der Waals surface area contributed by atoms with Crippen molar-refractivity contribution in [3.05, 3.63) is 65.9 Å². The number of hydrogen-bond donors (Lipinski definition) is 1. The van der Waals surface area contributed by atoms with Gasteiger partial charge in [0.1, 0.15) is 0 Å². The molecule has 1 heterocycles. The van der Waals surface area contributed by atoms with E-state index in [0.717, 1.165) is 16.6 Å². The predicted octanol–water partition coefficient (Wildman–Crippen LogP) is 3.64. The highest BCUT2D eigenvalue weighted by Gasteiger charge is 2.12. The van der Waals surface area contributed by atoms with Gasteiger partial charge in [0, 0.05) is 17.3 Å². The summed E-state index contributed by atoms with van der Waals surface area (Å²) in [5.74, 6) is -0.905. The van der Waals surface area contributed by atoms with Crippen molar-refractivity contribution in [3.63, 3.8) is 0 Å². The lowest BCUT2D eigenvalue weighted by Crippen LogP contribution is -2.01. The van der Waals surface area contributed by atoms with Crippen LogP contribution in [0, 0.1) is 6.92 Å². The van der Waals surface area contributed by atoms with E-state index >= 15 is 0 Å². The number of carboxylic acids is 1. The van der Waals surface area contributed by atoms with Crippen molar-refractivity contribution < 1.29 is 9.90 Å².